The van der Waals surface area contributed by atoms with E-state index in [4.69, 9.17) is 11.5 Å². The molecular weight excluding hydrogens is 204 g/mol. The predicted octanol–water partition coefficient (Wildman–Crippen LogP) is 1.35. The zero-order chi connectivity index (χ0) is 9.84. The van der Waals surface area contributed by atoms with Gasteiger partial charge in [0, 0.05) is 12.5 Å². The monoisotopic (exact) mass is 216 g/mol. The fourth-order valence-corrected chi connectivity index (χ4v) is 2.77. The number of carbonyl (C=O) groups is 1. The van der Waals surface area contributed by atoms with E-state index in [1.807, 2.05) is 17.7 Å². The third kappa shape index (κ3) is 2.72. The van der Waals surface area contributed by atoms with Crippen LogP contribution >= 0.6 is 23.1 Å². The number of rotatable bonds is 4. The van der Waals surface area contributed by atoms with Crippen LogP contribution in [0.4, 0.5) is 0 Å². The van der Waals surface area contributed by atoms with Crippen molar-refractivity contribution in [2.75, 3.05) is 6.26 Å². The molecule has 0 aromatic carbocycles. The molecule has 0 saturated carbocycles. The second kappa shape index (κ2) is 4.64. The minimum atomic E-state index is -0.356. The molecule has 0 radical (unpaired) electrons. The summed E-state index contributed by atoms with van der Waals surface area (Å²) in [5, 5.41) is 1.97. The topological polar surface area (TPSA) is 69.1 Å². The van der Waals surface area contributed by atoms with E-state index in [0.717, 1.165) is 9.77 Å². The lowest BCUT2D eigenvalue weighted by molar-refractivity contribution is -0.118. The third-order valence-electron chi connectivity index (χ3n) is 1.66. The van der Waals surface area contributed by atoms with Gasteiger partial charge in [-0.25, -0.2) is 0 Å². The Morgan fingerprint density at radius 1 is 1.77 bits per heavy atom. The van der Waals surface area contributed by atoms with Gasteiger partial charge >= 0.3 is 0 Å². The molecule has 1 aromatic heterocycles. The van der Waals surface area contributed by atoms with Crippen molar-refractivity contribution >= 4 is 29.0 Å². The summed E-state index contributed by atoms with van der Waals surface area (Å²) >= 11 is 3.28. The molecule has 0 bridgehead atoms. The lowest BCUT2D eigenvalue weighted by Gasteiger charge is -2.08. The molecule has 4 N–H and O–H groups in total. The van der Waals surface area contributed by atoms with Gasteiger partial charge in [-0.1, -0.05) is 0 Å². The number of thiophene rings is 1. The van der Waals surface area contributed by atoms with Gasteiger partial charge in [-0.15, -0.1) is 23.1 Å². The predicted molar refractivity (Wildman–Crippen MR) is 56.8 cm³/mol. The van der Waals surface area contributed by atoms with Crippen molar-refractivity contribution in [1.82, 2.24) is 0 Å². The van der Waals surface area contributed by atoms with Gasteiger partial charge < -0.3 is 11.5 Å². The van der Waals surface area contributed by atoms with Crippen LogP contribution in [0.3, 0.4) is 0 Å². The molecule has 0 saturated heterocycles. The van der Waals surface area contributed by atoms with E-state index in [1.165, 1.54) is 0 Å². The molecule has 1 aromatic rings. The van der Waals surface area contributed by atoms with Crippen LogP contribution in [0.1, 0.15) is 18.0 Å². The van der Waals surface area contributed by atoms with E-state index in [-0.39, 0.29) is 18.4 Å². The van der Waals surface area contributed by atoms with Crippen LogP contribution in [0.25, 0.3) is 0 Å². The summed E-state index contributed by atoms with van der Waals surface area (Å²) in [6.07, 6.45) is 2.20. The zero-order valence-corrected chi connectivity index (χ0v) is 8.95. The van der Waals surface area contributed by atoms with Crippen molar-refractivity contribution in [1.29, 1.82) is 0 Å². The summed E-state index contributed by atoms with van der Waals surface area (Å²) in [5.74, 6) is -0.356. The lowest BCUT2D eigenvalue weighted by atomic mass is 10.1. The number of carbonyl (C=O) groups excluding carboxylic acids is 1. The molecule has 13 heavy (non-hydrogen) atoms. The summed E-state index contributed by atoms with van der Waals surface area (Å²) in [5.41, 5.74) is 11.9. The highest BCUT2D eigenvalue weighted by Crippen LogP contribution is 2.31. The molecule has 0 aliphatic rings. The number of thioether (sulfide) groups is 1. The van der Waals surface area contributed by atoms with Gasteiger partial charge in [-0.3, -0.25) is 4.79 Å². The highest BCUT2D eigenvalue weighted by atomic mass is 32.2. The first-order valence-corrected chi connectivity index (χ1v) is 5.91. The second-order valence-electron chi connectivity index (χ2n) is 2.64. The quantitative estimate of drug-likeness (QED) is 0.746. The summed E-state index contributed by atoms with van der Waals surface area (Å²) < 4.78 is 1.16. The van der Waals surface area contributed by atoms with Gasteiger partial charge in [-0.05, 0) is 23.3 Å². The molecule has 1 unspecified atom stereocenters. The highest BCUT2D eigenvalue weighted by Gasteiger charge is 2.13. The molecule has 0 aliphatic heterocycles. The Hall–Kier alpha value is -0.520. The zero-order valence-electron chi connectivity index (χ0n) is 7.32. The Morgan fingerprint density at radius 2 is 2.46 bits per heavy atom. The van der Waals surface area contributed by atoms with Gasteiger partial charge in [0.25, 0.3) is 0 Å². The smallest absolute Gasteiger partial charge is 0.219 e. The van der Waals surface area contributed by atoms with Crippen molar-refractivity contribution in [2.45, 2.75) is 16.7 Å². The van der Waals surface area contributed by atoms with E-state index in [2.05, 4.69) is 0 Å². The average Bonchev–Trinajstić information content (AvgIpc) is 2.49. The maximum absolute atomic E-state index is 10.6. The van der Waals surface area contributed by atoms with Crippen molar-refractivity contribution in [3.05, 3.63) is 17.0 Å². The minimum absolute atomic E-state index is 0.213. The van der Waals surface area contributed by atoms with E-state index in [0.29, 0.717) is 0 Å². The normalized spacial score (nSPS) is 12.8. The first-order valence-electron chi connectivity index (χ1n) is 3.80. The number of hydrogen-bond acceptors (Lipinski definition) is 4. The van der Waals surface area contributed by atoms with Crippen molar-refractivity contribution in [3.63, 3.8) is 0 Å². The maximum Gasteiger partial charge on any atom is 0.219 e. The minimum Gasteiger partial charge on any atom is -0.370 e. The second-order valence-corrected chi connectivity index (χ2v) is 4.64. The standard InChI is InChI=1S/C8H12N2OS2/c1-12-8-5(2-3-13-8)6(9)4-7(10)11/h2-3,6H,4,9H2,1H3,(H2,10,11). The number of primary amides is 1. The van der Waals surface area contributed by atoms with Gasteiger partial charge in [0.05, 0.1) is 4.21 Å². The van der Waals surface area contributed by atoms with Gasteiger partial charge in [0.1, 0.15) is 0 Å². The first-order chi connectivity index (χ1) is 6.15. The van der Waals surface area contributed by atoms with E-state index >= 15 is 0 Å². The maximum atomic E-state index is 10.6. The van der Waals surface area contributed by atoms with Crippen molar-refractivity contribution < 1.29 is 4.79 Å². The van der Waals surface area contributed by atoms with Crippen LogP contribution in [0.5, 0.6) is 0 Å². The van der Waals surface area contributed by atoms with Gasteiger partial charge in [0.15, 0.2) is 0 Å². The number of hydrogen-bond donors (Lipinski definition) is 2. The van der Waals surface area contributed by atoms with Gasteiger partial charge in [-0.2, -0.15) is 0 Å². The number of amides is 1. The van der Waals surface area contributed by atoms with E-state index in [9.17, 15) is 4.79 Å². The molecule has 1 heterocycles. The lowest BCUT2D eigenvalue weighted by Crippen LogP contribution is -2.20. The molecular formula is C8H12N2OS2. The molecule has 1 rings (SSSR count). The van der Waals surface area contributed by atoms with Crippen LogP contribution in [0.15, 0.2) is 15.7 Å². The summed E-state index contributed by atoms with van der Waals surface area (Å²) in [6, 6.07) is 1.69. The van der Waals surface area contributed by atoms with E-state index in [1.54, 1.807) is 23.1 Å². The molecule has 5 heteroatoms. The summed E-state index contributed by atoms with van der Waals surface area (Å²) in [4.78, 5) is 10.6. The number of nitrogens with two attached hydrogens (primary N) is 2. The largest absolute Gasteiger partial charge is 0.370 e. The molecule has 1 amide bonds. The van der Waals surface area contributed by atoms with Crippen LogP contribution in [-0.2, 0) is 4.79 Å². The summed E-state index contributed by atoms with van der Waals surface area (Å²) in [7, 11) is 0. The molecule has 3 nitrogen and oxygen atoms in total. The average molecular weight is 216 g/mol. The molecule has 72 valence electrons. The van der Waals surface area contributed by atoms with Crippen molar-refractivity contribution in [2.24, 2.45) is 11.5 Å². The van der Waals surface area contributed by atoms with Crippen molar-refractivity contribution in [3.8, 4) is 0 Å². The Labute approximate surface area is 85.5 Å². The fraction of sp³-hybridized carbons (Fsp3) is 0.375. The van der Waals surface area contributed by atoms with E-state index < -0.39 is 0 Å². The van der Waals surface area contributed by atoms with Crippen LogP contribution in [0, 0.1) is 0 Å². The Balaban J connectivity index is 2.75. The highest BCUT2D eigenvalue weighted by molar-refractivity contribution is 8.00. The van der Waals surface area contributed by atoms with Crippen LogP contribution < -0.4 is 11.5 Å². The van der Waals surface area contributed by atoms with Crippen LogP contribution in [0.2, 0.25) is 0 Å². The molecule has 1 atom stereocenters. The first kappa shape index (κ1) is 10.6. The molecule has 0 spiro atoms. The van der Waals surface area contributed by atoms with Gasteiger partial charge in [0.2, 0.25) is 5.91 Å². The Bertz CT molecular complexity index is 298. The Kier molecular flexibility index (Phi) is 3.77. The summed E-state index contributed by atoms with van der Waals surface area (Å²) in [6.45, 7) is 0. The third-order valence-corrected chi connectivity index (χ3v) is 3.78. The van der Waals surface area contributed by atoms with Crippen LogP contribution in [-0.4, -0.2) is 12.2 Å². The molecule has 0 aliphatic carbocycles. The Morgan fingerprint density at radius 3 is 3.00 bits per heavy atom. The fourth-order valence-electron chi connectivity index (χ4n) is 1.07. The SMILES string of the molecule is CSc1sccc1C(N)CC(N)=O. The molecule has 0 fully saturated rings.